The van der Waals surface area contributed by atoms with E-state index in [1.165, 1.54) is 76.1 Å². The van der Waals surface area contributed by atoms with Gasteiger partial charge in [0.05, 0.1) is 6.20 Å². The van der Waals surface area contributed by atoms with Gasteiger partial charge in [-0.2, -0.15) is 10.2 Å². The summed E-state index contributed by atoms with van der Waals surface area (Å²) in [5, 5.41) is 24.4. The van der Waals surface area contributed by atoms with Gasteiger partial charge in [-0.3, -0.25) is 0 Å². The van der Waals surface area contributed by atoms with Crippen LogP contribution >= 0.6 is 0 Å². The SMILES string of the molecule is N#Cc1cnc(NCc2ccccc2OC(F)(F)F)nc1NCC12CC3C[C@H](C1)C(NC1CCC(NC4CCOCC4)CC1)[C@@H](C3)C2. The van der Waals surface area contributed by atoms with Gasteiger partial charge in [0, 0.05) is 56.0 Å². The molecule has 254 valence electrons. The zero-order chi connectivity index (χ0) is 32.4. The van der Waals surface area contributed by atoms with Crippen molar-refractivity contribution in [3.05, 3.63) is 41.6 Å². The van der Waals surface area contributed by atoms with Gasteiger partial charge in [-0.15, -0.1) is 13.2 Å². The number of alkyl halides is 3. The number of anilines is 2. The van der Waals surface area contributed by atoms with Gasteiger partial charge >= 0.3 is 6.36 Å². The largest absolute Gasteiger partial charge is 0.573 e. The van der Waals surface area contributed by atoms with Crippen molar-refractivity contribution in [3.63, 3.8) is 0 Å². The lowest BCUT2D eigenvalue weighted by Crippen LogP contribution is -2.61. The lowest BCUT2D eigenvalue weighted by atomic mass is 9.47. The first-order valence-electron chi connectivity index (χ1n) is 17.4. The molecule has 4 N–H and O–H groups in total. The first-order chi connectivity index (χ1) is 22.7. The third-order valence-electron chi connectivity index (χ3n) is 11.4. The molecule has 0 radical (unpaired) electrons. The number of nitrogens with one attached hydrogen (secondary N) is 4. The van der Waals surface area contributed by atoms with E-state index in [1.807, 2.05) is 0 Å². The lowest BCUT2D eigenvalue weighted by Gasteiger charge is -2.61. The van der Waals surface area contributed by atoms with E-state index in [4.69, 9.17) is 4.74 Å². The van der Waals surface area contributed by atoms with Gasteiger partial charge in [0.2, 0.25) is 5.95 Å². The Balaban J connectivity index is 0.938. The molecule has 1 aromatic heterocycles. The number of rotatable bonds is 11. The van der Waals surface area contributed by atoms with E-state index in [9.17, 15) is 18.4 Å². The summed E-state index contributed by atoms with van der Waals surface area (Å²) in [5.74, 6) is 2.53. The van der Waals surface area contributed by atoms with Crippen LogP contribution in [0.3, 0.4) is 0 Å². The lowest BCUT2D eigenvalue weighted by molar-refractivity contribution is -0.274. The fourth-order valence-electron chi connectivity index (χ4n) is 9.58. The normalized spacial score (nSPS) is 32.1. The Morgan fingerprint density at radius 2 is 1.60 bits per heavy atom. The highest BCUT2D eigenvalue weighted by atomic mass is 19.4. The third-order valence-corrected chi connectivity index (χ3v) is 11.4. The van der Waals surface area contributed by atoms with Gasteiger partial charge in [0.25, 0.3) is 0 Å². The Labute approximate surface area is 274 Å². The highest BCUT2D eigenvalue weighted by Gasteiger charge is 2.55. The number of ether oxygens (including phenoxy) is 2. The van der Waals surface area contributed by atoms with Crippen LogP contribution in [0.15, 0.2) is 30.5 Å². The maximum absolute atomic E-state index is 12.9. The van der Waals surface area contributed by atoms with Crippen molar-refractivity contribution in [2.24, 2.45) is 23.2 Å². The van der Waals surface area contributed by atoms with E-state index in [0.717, 1.165) is 38.5 Å². The van der Waals surface area contributed by atoms with Gasteiger partial charge in [0.1, 0.15) is 23.2 Å². The van der Waals surface area contributed by atoms with Crippen molar-refractivity contribution in [1.29, 1.82) is 5.26 Å². The van der Waals surface area contributed by atoms with Crippen molar-refractivity contribution in [3.8, 4) is 11.8 Å². The second-order valence-corrected chi connectivity index (χ2v) is 14.7. The molecule has 9 nitrogen and oxygen atoms in total. The van der Waals surface area contributed by atoms with Gasteiger partial charge < -0.3 is 30.7 Å². The van der Waals surface area contributed by atoms with Gasteiger partial charge in [-0.1, -0.05) is 18.2 Å². The molecule has 0 spiro atoms. The second kappa shape index (κ2) is 13.8. The third kappa shape index (κ3) is 7.79. The molecule has 5 saturated carbocycles. The van der Waals surface area contributed by atoms with Crippen LogP contribution < -0.4 is 26.0 Å². The summed E-state index contributed by atoms with van der Waals surface area (Å²) in [6.45, 7) is 2.56. The quantitative estimate of drug-likeness (QED) is 0.227. The Kier molecular flexibility index (Phi) is 9.49. The molecule has 5 atom stereocenters. The van der Waals surface area contributed by atoms with Gasteiger partial charge in [-0.05, 0) is 99.9 Å². The van der Waals surface area contributed by atoms with E-state index >= 15 is 0 Å². The first kappa shape index (κ1) is 32.4. The number of nitriles is 1. The second-order valence-electron chi connectivity index (χ2n) is 14.7. The zero-order valence-electron chi connectivity index (χ0n) is 26.8. The van der Waals surface area contributed by atoms with E-state index in [1.54, 1.807) is 12.1 Å². The Bertz CT molecular complexity index is 1400. The van der Waals surface area contributed by atoms with E-state index in [-0.39, 0.29) is 23.7 Å². The van der Waals surface area contributed by atoms with Crippen molar-refractivity contribution in [1.82, 2.24) is 20.6 Å². The molecule has 3 unspecified atom stereocenters. The van der Waals surface area contributed by atoms with Crippen LogP contribution in [0.4, 0.5) is 24.9 Å². The molecule has 0 amide bonds. The van der Waals surface area contributed by atoms with Crippen LogP contribution in [0, 0.1) is 34.5 Å². The summed E-state index contributed by atoms with van der Waals surface area (Å²) in [6, 6.07) is 10.6. The van der Waals surface area contributed by atoms with E-state index in [0.29, 0.717) is 52.9 Å². The molecule has 8 rings (SSSR count). The van der Waals surface area contributed by atoms with Crippen LogP contribution in [0.1, 0.15) is 81.8 Å². The summed E-state index contributed by atoms with van der Waals surface area (Å²) in [4.78, 5) is 8.81. The molecule has 1 aromatic carbocycles. The number of benzene rings is 1. The van der Waals surface area contributed by atoms with Crippen LogP contribution in [-0.2, 0) is 11.3 Å². The predicted molar refractivity (Wildman–Crippen MR) is 172 cm³/mol. The first-order valence-corrected chi connectivity index (χ1v) is 17.4. The van der Waals surface area contributed by atoms with E-state index in [2.05, 4.69) is 42.0 Å². The van der Waals surface area contributed by atoms with Crippen molar-refractivity contribution in [2.75, 3.05) is 30.4 Å². The molecule has 47 heavy (non-hydrogen) atoms. The fraction of sp³-hybridized carbons (Fsp3) is 0.686. The Morgan fingerprint density at radius 1 is 0.915 bits per heavy atom. The maximum Gasteiger partial charge on any atom is 0.573 e. The summed E-state index contributed by atoms with van der Waals surface area (Å²) >= 11 is 0. The maximum atomic E-state index is 12.9. The van der Waals surface area contributed by atoms with Crippen LogP contribution in [0.5, 0.6) is 5.75 Å². The number of nitrogens with zero attached hydrogens (tertiary/aromatic N) is 3. The highest BCUT2D eigenvalue weighted by Crippen LogP contribution is 2.60. The average molecular weight is 654 g/mol. The number of hydrogen-bond donors (Lipinski definition) is 4. The van der Waals surface area contributed by atoms with Crippen LogP contribution in [0.2, 0.25) is 0 Å². The van der Waals surface area contributed by atoms with Crippen molar-refractivity contribution in [2.45, 2.75) is 108 Å². The summed E-state index contributed by atoms with van der Waals surface area (Å²) < 4.78 is 48.3. The predicted octanol–water partition coefficient (Wildman–Crippen LogP) is 6.14. The fourth-order valence-corrected chi connectivity index (χ4v) is 9.58. The standard InChI is InChI=1S/C35H46F3N7O2/c36-35(37,38)47-30-4-2-1-3-23(30)19-40-33-41-20-26(18-39)32(45-33)42-21-34-15-22-13-24(16-34)31(25(14-22)17-34)44-28-7-5-27(6-8-28)43-29-9-11-46-12-10-29/h1-4,20,22,24-25,27-29,31,43-44H,5-17,19,21H2,(H2,40,41,42,45)/t22?,24-,25+,27?,28?,31?,34?. The molecule has 1 saturated heterocycles. The molecule has 2 aromatic rings. The molecule has 6 fully saturated rings. The van der Waals surface area contributed by atoms with Crippen molar-refractivity contribution < 1.29 is 22.6 Å². The minimum atomic E-state index is -4.78. The number of aromatic nitrogens is 2. The topological polar surface area (TPSA) is 116 Å². The molecule has 6 aliphatic rings. The van der Waals surface area contributed by atoms with Gasteiger partial charge in [0.15, 0.2) is 0 Å². The molecule has 4 bridgehead atoms. The number of para-hydroxylation sites is 1. The molecule has 2 heterocycles. The van der Waals surface area contributed by atoms with Crippen molar-refractivity contribution >= 4 is 11.8 Å². The highest BCUT2D eigenvalue weighted by molar-refractivity contribution is 5.53. The minimum Gasteiger partial charge on any atom is -0.405 e. The van der Waals surface area contributed by atoms with Crippen LogP contribution in [0.25, 0.3) is 0 Å². The summed E-state index contributed by atoms with van der Waals surface area (Å²) in [7, 11) is 0. The number of hydrogen-bond acceptors (Lipinski definition) is 9. The molecule has 1 aliphatic heterocycles. The summed E-state index contributed by atoms with van der Waals surface area (Å²) in [5.41, 5.74) is 0.852. The monoisotopic (exact) mass is 653 g/mol. The van der Waals surface area contributed by atoms with E-state index < -0.39 is 6.36 Å². The smallest absolute Gasteiger partial charge is 0.405 e. The average Bonchev–Trinajstić information content (AvgIpc) is 3.05. The molecule has 12 heteroatoms. The summed E-state index contributed by atoms with van der Waals surface area (Å²) in [6.07, 6.45) is 10.1. The van der Waals surface area contributed by atoms with Crippen LogP contribution in [-0.4, -0.2) is 60.3 Å². The molecular weight excluding hydrogens is 607 g/mol. The number of halogens is 3. The Morgan fingerprint density at radius 3 is 2.30 bits per heavy atom. The van der Waals surface area contributed by atoms with Gasteiger partial charge in [-0.25, -0.2) is 4.98 Å². The molecular formula is C35H46F3N7O2. The molecule has 5 aliphatic carbocycles. The Hall–Kier alpha value is -3.14. The minimum absolute atomic E-state index is 0.0368. The zero-order valence-corrected chi connectivity index (χ0v) is 26.8.